The van der Waals surface area contributed by atoms with Crippen molar-refractivity contribution in [2.45, 2.75) is 6.18 Å². The van der Waals surface area contributed by atoms with Crippen LogP contribution in [0.25, 0.3) is 17.4 Å². The lowest BCUT2D eigenvalue weighted by Crippen LogP contribution is -2.32. The SMILES string of the molecule is O=C1S/C(=C\c2ccc(-c3ccccc3C(F)(F)F)o2)C(=O)N1CCOc1ccccc1Cl. The molecule has 0 spiro atoms. The van der Waals surface area contributed by atoms with Gasteiger partial charge in [0.15, 0.2) is 0 Å². The van der Waals surface area contributed by atoms with Crippen LogP contribution in [0.5, 0.6) is 5.75 Å². The quantitative estimate of drug-likeness (QED) is 0.356. The summed E-state index contributed by atoms with van der Waals surface area (Å²) in [6.07, 6.45) is -3.21. The highest BCUT2D eigenvalue weighted by molar-refractivity contribution is 8.18. The van der Waals surface area contributed by atoms with Gasteiger partial charge in [-0.25, -0.2) is 0 Å². The predicted octanol–water partition coefficient (Wildman–Crippen LogP) is 6.73. The van der Waals surface area contributed by atoms with E-state index >= 15 is 0 Å². The Morgan fingerprint density at radius 2 is 1.76 bits per heavy atom. The highest BCUT2D eigenvalue weighted by Crippen LogP contribution is 2.38. The highest BCUT2D eigenvalue weighted by atomic mass is 35.5. The number of hydrogen-bond acceptors (Lipinski definition) is 5. The van der Waals surface area contributed by atoms with Crippen LogP contribution >= 0.6 is 23.4 Å². The van der Waals surface area contributed by atoms with E-state index in [1.54, 1.807) is 24.3 Å². The maximum absolute atomic E-state index is 13.3. The number of thioether (sulfide) groups is 1. The number of amides is 2. The summed E-state index contributed by atoms with van der Waals surface area (Å²) in [5, 5.41) is -0.0736. The Labute approximate surface area is 195 Å². The van der Waals surface area contributed by atoms with Crippen molar-refractivity contribution in [1.29, 1.82) is 0 Å². The molecular formula is C23H15ClF3NO4S. The molecule has 0 atom stereocenters. The first-order valence-corrected chi connectivity index (χ1v) is 10.8. The average molecular weight is 494 g/mol. The van der Waals surface area contributed by atoms with Gasteiger partial charge in [-0.15, -0.1) is 0 Å². The minimum absolute atomic E-state index is 0.00143. The third-order valence-electron chi connectivity index (χ3n) is 4.68. The van der Waals surface area contributed by atoms with Crippen LogP contribution < -0.4 is 4.74 Å². The summed E-state index contributed by atoms with van der Waals surface area (Å²) in [6, 6.07) is 14.7. The normalized spacial score (nSPS) is 15.5. The number of halogens is 4. The number of carbonyl (C=O) groups is 2. The maximum Gasteiger partial charge on any atom is 0.417 e. The molecule has 1 aliphatic heterocycles. The van der Waals surface area contributed by atoms with E-state index in [4.69, 9.17) is 20.8 Å². The Hall–Kier alpha value is -3.17. The van der Waals surface area contributed by atoms with Gasteiger partial charge in [0.25, 0.3) is 11.1 Å². The zero-order chi connectivity index (χ0) is 23.6. The van der Waals surface area contributed by atoms with Gasteiger partial charge in [0, 0.05) is 11.6 Å². The van der Waals surface area contributed by atoms with Crippen molar-refractivity contribution in [2.24, 2.45) is 0 Å². The molecule has 0 bridgehead atoms. The van der Waals surface area contributed by atoms with Gasteiger partial charge >= 0.3 is 6.18 Å². The Balaban J connectivity index is 1.47. The summed E-state index contributed by atoms with van der Waals surface area (Å²) in [4.78, 5) is 26.0. The number of rotatable bonds is 6. The fraction of sp³-hybridized carbons (Fsp3) is 0.130. The van der Waals surface area contributed by atoms with Gasteiger partial charge < -0.3 is 9.15 Å². The average Bonchev–Trinajstić information content (AvgIpc) is 3.34. The van der Waals surface area contributed by atoms with Crippen LogP contribution in [0, 0.1) is 0 Å². The van der Waals surface area contributed by atoms with Crippen LogP contribution in [-0.4, -0.2) is 29.2 Å². The molecular weight excluding hydrogens is 479 g/mol. The van der Waals surface area contributed by atoms with Crippen molar-refractivity contribution in [3.8, 4) is 17.1 Å². The number of nitrogens with zero attached hydrogens (tertiary/aromatic N) is 1. The van der Waals surface area contributed by atoms with Crippen molar-refractivity contribution < 1.29 is 31.9 Å². The molecule has 0 radical (unpaired) electrons. The van der Waals surface area contributed by atoms with Gasteiger partial charge in [0.1, 0.15) is 23.9 Å². The second-order valence-electron chi connectivity index (χ2n) is 6.86. The number of benzene rings is 2. The van der Waals surface area contributed by atoms with Crippen LogP contribution in [0.3, 0.4) is 0 Å². The second-order valence-corrected chi connectivity index (χ2v) is 8.26. The van der Waals surface area contributed by atoms with Crippen LogP contribution in [-0.2, 0) is 11.0 Å². The van der Waals surface area contributed by atoms with E-state index < -0.39 is 22.9 Å². The summed E-state index contributed by atoms with van der Waals surface area (Å²) in [5.41, 5.74) is -0.945. The van der Waals surface area contributed by atoms with Gasteiger partial charge in [-0.1, -0.05) is 41.9 Å². The molecule has 170 valence electrons. The van der Waals surface area contributed by atoms with Crippen LogP contribution in [0.15, 0.2) is 70.0 Å². The van der Waals surface area contributed by atoms with Crippen molar-refractivity contribution in [1.82, 2.24) is 4.90 Å². The van der Waals surface area contributed by atoms with E-state index in [9.17, 15) is 22.8 Å². The first kappa shape index (κ1) is 23.0. The molecule has 0 unspecified atom stereocenters. The number of ether oxygens (including phenoxy) is 1. The molecule has 2 amide bonds. The summed E-state index contributed by atoms with van der Waals surface area (Å²) < 4.78 is 50.9. The van der Waals surface area contributed by atoms with Crippen molar-refractivity contribution in [3.05, 3.63) is 81.9 Å². The van der Waals surface area contributed by atoms with Crippen molar-refractivity contribution >= 4 is 40.6 Å². The Morgan fingerprint density at radius 1 is 1.03 bits per heavy atom. The molecule has 5 nitrogen and oxygen atoms in total. The van der Waals surface area contributed by atoms with E-state index in [-0.39, 0.29) is 35.1 Å². The van der Waals surface area contributed by atoms with Crippen LogP contribution in [0.2, 0.25) is 5.02 Å². The number of hydrogen-bond donors (Lipinski definition) is 0. The fourth-order valence-corrected chi connectivity index (χ4v) is 4.19. The third kappa shape index (κ3) is 5.09. The van der Waals surface area contributed by atoms with Crippen LogP contribution in [0.1, 0.15) is 11.3 Å². The van der Waals surface area contributed by atoms with E-state index in [0.717, 1.165) is 11.0 Å². The Bertz CT molecular complexity index is 1240. The molecule has 0 aliphatic carbocycles. The van der Waals surface area contributed by atoms with Crippen LogP contribution in [0.4, 0.5) is 18.0 Å². The van der Waals surface area contributed by atoms with E-state index in [1.807, 2.05) is 0 Å². The standard InChI is InChI=1S/C23H15ClF3NO4S/c24-17-7-3-4-8-19(17)31-12-11-28-21(29)20(33-22(28)30)13-14-9-10-18(32-14)15-5-1-2-6-16(15)23(25,26)27/h1-10,13H,11-12H2/b20-13-. The number of carbonyl (C=O) groups excluding carboxylic acids is 2. The summed E-state index contributed by atoms with van der Waals surface area (Å²) in [7, 11) is 0. The van der Waals surface area contributed by atoms with E-state index in [1.165, 1.54) is 36.4 Å². The molecule has 1 fully saturated rings. The minimum Gasteiger partial charge on any atom is -0.490 e. The Kier molecular flexibility index (Phi) is 6.53. The minimum atomic E-state index is -4.54. The highest BCUT2D eigenvalue weighted by Gasteiger charge is 2.36. The number of para-hydroxylation sites is 1. The third-order valence-corrected chi connectivity index (χ3v) is 5.90. The largest absolute Gasteiger partial charge is 0.490 e. The lowest BCUT2D eigenvalue weighted by molar-refractivity contribution is -0.137. The first-order chi connectivity index (χ1) is 15.7. The van der Waals surface area contributed by atoms with Gasteiger partial charge in [-0.2, -0.15) is 13.2 Å². The predicted molar refractivity (Wildman–Crippen MR) is 119 cm³/mol. The van der Waals surface area contributed by atoms with E-state index in [2.05, 4.69) is 0 Å². The van der Waals surface area contributed by atoms with Gasteiger partial charge in [-0.05, 0) is 42.1 Å². The first-order valence-electron chi connectivity index (χ1n) is 9.63. The monoisotopic (exact) mass is 493 g/mol. The van der Waals surface area contributed by atoms with Gasteiger partial charge in [0.05, 0.1) is 22.0 Å². The lowest BCUT2D eigenvalue weighted by atomic mass is 10.1. The Morgan fingerprint density at radius 3 is 2.52 bits per heavy atom. The smallest absolute Gasteiger partial charge is 0.417 e. The molecule has 2 aromatic carbocycles. The zero-order valence-electron chi connectivity index (χ0n) is 16.8. The second kappa shape index (κ2) is 9.36. The summed E-state index contributed by atoms with van der Waals surface area (Å²) in [6.45, 7) is 0.0593. The van der Waals surface area contributed by atoms with Gasteiger partial charge in [0.2, 0.25) is 0 Å². The molecule has 0 N–H and O–H groups in total. The summed E-state index contributed by atoms with van der Waals surface area (Å²) in [5.74, 6) is 0.0478. The number of furan rings is 1. The number of alkyl halides is 3. The molecule has 33 heavy (non-hydrogen) atoms. The van der Waals surface area contributed by atoms with Crippen molar-refractivity contribution in [3.63, 3.8) is 0 Å². The molecule has 3 aromatic rings. The molecule has 2 heterocycles. The summed E-state index contributed by atoms with van der Waals surface area (Å²) >= 11 is 6.73. The lowest BCUT2D eigenvalue weighted by Gasteiger charge is -2.13. The molecule has 1 saturated heterocycles. The molecule has 10 heteroatoms. The fourth-order valence-electron chi connectivity index (χ4n) is 3.15. The van der Waals surface area contributed by atoms with Crippen molar-refractivity contribution in [2.75, 3.05) is 13.2 Å². The molecule has 1 aromatic heterocycles. The van der Waals surface area contributed by atoms with Gasteiger partial charge in [-0.3, -0.25) is 14.5 Å². The molecule has 0 saturated carbocycles. The van der Waals surface area contributed by atoms with E-state index in [0.29, 0.717) is 22.5 Å². The maximum atomic E-state index is 13.3. The number of imide groups is 1. The molecule has 1 aliphatic rings. The molecule has 4 rings (SSSR count). The topological polar surface area (TPSA) is 59.8 Å². The zero-order valence-corrected chi connectivity index (χ0v) is 18.3.